The van der Waals surface area contributed by atoms with Gasteiger partial charge in [0.25, 0.3) is 0 Å². The van der Waals surface area contributed by atoms with E-state index in [2.05, 4.69) is 20.4 Å². The maximum absolute atomic E-state index is 5.91. The Bertz CT molecular complexity index is 371. The minimum atomic E-state index is 0.353. The summed E-state index contributed by atoms with van der Waals surface area (Å²) in [6, 6.07) is 1.70. The molecule has 0 atom stereocenters. The molecule has 4 nitrogen and oxygen atoms in total. The highest BCUT2D eigenvalue weighted by atomic mass is 35.5. The van der Waals surface area contributed by atoms with Crippen LogP contribution in [0, 0.1) is 0 Å². The molecule has 0 bridgehead atoms. The number of hydrogen-bond acceptors (Lipinski definition) is 5. The summed E-state index contributed by atoms with van der Waals surface area (Å²) in [4.78, 5) is 2.44. The lowest BCUT2D eigenvalue weighted by Gasteiger charge is -2.26. The van der Waals surface area contributed by atoms with Gasteiger partial charge >= 0.3 is 0 Å². The van der Waals surface area contributed by atoms with E-state index < -0.39 is 0 Å². The van der Waals surface area contributed by atoms with Crippen molar-refractivity contribution in [2.75, 3.05) is 43.0 Å². The van der Waals surface area contributed by atoms with Crippen LogP contribution >= 0.6 is 35.0 Å². The molecule has 7 heteroatoms. The summed E-state index contributed by atoms with van der Waals surface area (Å²) in [5, 5.41) is 11.4. The van der Waals surface area contributed by atoms with Gasteiger partial charge in [0, 0.05) is 43.8 Å². The number of hydrogen-bond donors (Lipinski definition) is 1. The Morgan fingerprint density at radius 2 is 2.06 bits per heavy atom. The van der Waals surface area contributed by atoms with Crippen LogP contribution in [0.3, 0.4) is 0 Å². The quantitative estimate of drug-likeness (QED) is 0.922. The average Bonchev–Trinajstić information content (AvgIpc) is 2.35. The molecular weight excluding hydrogens is 279 g/mol. The highest BCUT2D eigenvalue weighted by Gasteiger charge is 2.10. The average molecular weight is 293 g/mol. The predicted octanol–water partition coefficient (Wildman–Crippen LogP) is 2.24. The molecule has 1 aliphatic heterocycles. The van der Waals surface area contributed by atoms with Crippen LogP contribution in [0.2, 0.25) is 10.3 Å². The molecule has 94 valence electrons. The van der Waals surface area contributed by atoms with Gasteiger partial charge in [-0.25, -0.2) is 0 Å². The smallest absolute Gasteiger partial charge is 0.174 e. The van der Waals surface area contributed by atoms with Gasteiger partial charge in [-0.2, -0.15) is 11.8 Å². The Labute approximate surface area is 115 Å². The number of halogens is 2. The fraction of sp³-hybridized carbons (Fsp3) is 0.600. The van der Waals surface area contributed by atoms with E-state index in [1.165, 1.54) is 11.5 Å². The van der Waals surface area contributed by atoms with Crippen LogP contribution in [0.25, 0.3) is 0 Å². The summed E-state index contributed by atoms with van der Waals surface area (Å²) < 4.78 is 0. The Morgan fingerprint density at radius 3 is 2.82 bits per heavy atom. The first-order valence-electron chi connectivity index (χ1n) is 5.48. The number of rotatable bonds is 4. The number of nitrogens with zero attached hydrogens (tertiary/aromatic N) is 3. The topological polar surface area (TPSA) is 41.0 Å². The lowest BCUT2D eigenvalue weighted by molar-refractivity contribution is 0.314. The summed E-state index contributed by atoms with van der Waals surface area (Å²) in [5.41, 5.74) is 0.748. The van der Waals surface area contributed by atoms with Crippen LogP contribution in [-0.4, -0.2) is 52.8 Å². The molecule has 2 rings (SSSR count). The number of nitrogens with one attached hydrogen (secondary N) is 1. The minimum absolute atomic E-state index is 0.353. The maximum atomic E-state index is 5.91. The van der Waals surface area contributed by atoms with E-state index in [-0.39, 0.29) is 0 Å². The monoisotopic (exact) mass is 292 g/mol. The van der Waals surface area contributed by atoms with E-state index >= 15 is 0 Å². The Hall–Kier alpha value is -0.230. The lowest BCUT2D eigenvalue weighted by Crippen LogP contribution is -2.36. The van der Waals surface area contributed by atoms with Crippen molar-refractivity contribution < 1.29 is 0 Å². The lowest BCUT2D eigenvalue weighted by atomic mass is 10.4. The second kappa shape index (κ2) is 6.64. The summed E-state index contributed by atoms with van der Waals surface area (Å²) in [7, 11) is 0. The zero-order valence-electron chi connectivity index (χ0n) is 9.33. The van der Waals surface area contributed by atoms with Gasteiger partial charge in [0.05, 0.1) is 5.69 Å². The summed E-state index contributed by atoms with van der Waals surface area (Å²) >= 11 is 13.7. The van der Waals surface area contributed by atoms with Crippen molar-refractivity contribution in [3.8, 4) is 0 Å². The van der Waals surface area contributed by atoms with E-state index in [0.29, 0.717) is 10.3 Å². The fourth-order valence-electron chi connectivity index (χ4n) is 1.65. The second-order valence-corrected chi connectivity index (χ2v) is 5.72. The third-order valence-corrected chi connectivity index (χ3v) is 3.97. The molecule has 0 spiro atoms. The van der Waals surface area contributed by atoms with Gasteiger partial charge in [0.1, 0.15) is 0 Å². The molecular formula is C10H14Cl2N4S. The normalized spacial score (nSPS) is 17.1. The molecule has 2 heterocycles. The standard InChI is InChI=1S/C10H14Cl2N4S/c11-9-7-8(10(12)15-14-9)13-1-2-16-3-5-17-6-4-16/h7H,1-6H2,(H,13,14). The van der Waals surface area contributed by atoms with Crippen molar-refractivity contribution in [2.24, 2.45) is 0 Å². The van der Waals surface area contributed by atoms with Gasteiger partial charge in [-0.1, -0.05) is 23.2 Å². The van der Waals surface area contributed by atoms with Gasteiger partial charge in [0.2, 0.25) is 0 Å². The van der Waals surface area contributed by atoms with Gasteiger partial charge in [-0.15, -0.1) is 10.2 Å². The zero-order chi connectivity index (χ0) is 12.1. The summed E-state index contributed by atoms with van der Waals surface area (Å²) in [5.74, 6) is 2.45. The summed E-state index contributed by atoms with van der Waals surface area (Å²) in [6.07, 6.45) is 0. The molecule has 1 N–H and O–H groups in total. The van der Waals surface area contributed by atoms with E-state index in [1.807, 2.05) is 11.8 Å². The molecule has 1 fully saturated rings. The largest absolute Gasteiger partial charge is 0.381 e. The van der Waals surface area contributed by atoms with Crippen molar-refractivity contribution in [3.63, 3.8) is 0 Å². The molecule has 1 saturated heterocycles. The van der Waals surface area contributed by atoms with Crippen molar-refractivity contribution in [3.05, 3.63) is 16.4 Å². The zero-order valence-corrected chi connectivity index (χ0v) is 11.7. The highest BCUT2D eigenvalue weighted by molar-refractivity contribution is 7.99. The van der Waals surface area contributed by atoms with Crippen LogP contribution in [0.4, 0.5) is 5.69 Å². The van der Waals surface area contributed by atoms with Gasteiger partial charge < -0.3 is 5.32 Å². The summed E-state index contributed by atoms with van der Waals surface area (Å²) in [6.45, 7) is 4.17. The first-order valence-corrected chi connectivity index (χ1v) is 7.39. The SMILES string of the molecule is Clc1cc(NCCN2CCSCC2)c(Cl)nn1. The van der Waals surface area contributed by atoms with E-state index in [9.17, 15) is 0 Å². The van der Waals surface area contributed by atoms with Crippen LogP contribution in [0.1, 0.15) is 0 Å². The van der Waals surface area contributed by atoms with Crippen molar-refractivity contribution in [1.29, 1.82) is 0 Å². The number of anilines is 1. The third kappa shape index (κ3) is 4.17. The van der Waals surface area contributed by atoms with Crippen molar-refractivity contribution in [2.45, 2.75) is 0 Å². The third-order valence-electron chi connectivity index (χ3n) is 2.57. The number of thioether (sulfide) groups is 1. The first-order chi connectivity index (χ1) is 8.25. The van der Waals surface area contributed by atoms with E-state index in [0.717, 1.165) is 31.9 Å². The van der Waals surface area contributed by atoms with Crippen molar-refractivity contribution in [1.82, 2.24) is 15.1 Å². The van der Waals surface area contributed by atoms with E-state index in [4.69, 9.17) is 23.2 Å². The minimum Gasteiger partial charge on any atom is -0.381 e. The van der Waals surface area contributed by atoms with Crippen LogP contribution in [0.15, 0.2) is 6.07 Å². The van der Waals surface area contributed by atoms with Crippen LogP contribution < -0.4 is 5.32 Å². The van der Waals surface area contributed by atoms with Gasteiger partial charge in [-0.05, 0) is 0 Å². The van der Waals surface area contributed by atoms with Crippen molar-refractivity contribution >= 4 is 40.7 Å². The predicted molar refractivity (Wildman–Crippen MR) is 74.3 cm³/mol. The molecule has 1 aromatic rings. The molecule has 0 amide bonds. The number of aromatic nitrogens is 2. The Morgan fingerprint density at radius 1 is 1.29 bits per heavy atom. The van der Waals surface area contributed by atoms with E-state index in [1.54, 1.807) is 6.07 Å². The van der Waals surface area contributed by atoms with Gasteiger partial charge in [-0.3, -0.25) is 4.90 Å². The first kappa shape index (κ1) is 13.2. The molecule has 0 radical (unpaired) electrons. The molecule has 17 heavy (non-hydrogen) atoms. The highest BCUT2D eigenvalue weighted by Crippen LogP contribution is 2.20. The molecule has 0 aromatic carbocycles. The Kier molecular flexibility index (Phi) is 5.16. The van der Waals surface area contributed by atoms with Gasteiger partial charge in [0.15, 0.2) is 10.3 Å². The van der Waals surface area contributed by atoms with Crippen LogP contribution in [0.5, 0.6) is 0 Å². The molecule has 1 aliphatic rings. The Balaban J connectivity index is 1.79. The molecule has 0 unspecified atom stereocenters. The van der Waals surface area contributed by atoms with Crippen LogP contribution in [-0.2, 0) is 0 Å². The second-order valence-electron chi connectivity index (χ2n) is 3.75. The molecule has 1 aromatic heterocycles. The molecule has 0 aliphatic carbocycles. The maximum Gasteiger partial charge on any atom is 0.174 e. The molecule has 0 saturated carbocycles. The fourth-order valence-corrected chi connectivity index (χ4v) is 2.94.